The summed E-state index contributed by atoms with van der Waals surface area (Å²) < 4.78 is 7.05. The molecule has 184 valence electrons. The smallest absolute Gasteiger partial charge is 0.273 e. The van der Waals surface area contributed by atoms with E-state index in [0.717, 1.165) is 27.3 Å². The predicted octanol–water partition coefficient (Wildman–Crippen LogP) is 4.66. The molecule has 0 aliphatic carbocycles. The van der Waals surface area contributed by atoms with Crippen LogP contribution in [0.2, 0.25) is 0 Å². The minimum Gasteiger partial charge on any atom is -0.497 e. The van der Waals surface area contributed by atoms with Crippen molar-refractivity contribution in [2.24, 2.45) is 0 Å². The Kier molecular flexibility index (Phi) is 6.36. The highest BCUT2D eigenvalue weighted by molar-refractivity contribution is 7.13. The number of carbonyl (C=O) groups excluding carboxylic acids is 2. The van der Waals surface area contributed by atoms with Crippen LogP contribution in [0.25, 0.3) is 10.6 Å². The molecule has 1 unspecified atom stereocenters. The van der Waals surface area contributed by atoms with Crippen LogP contribution in [0, 0.1) is 6.92 Å². The lowest BCUT2D eigenvalue weighted by Crippen LogP contribution is -2.63. The van der Waals surface area contributed by atoms with E-state index in [1.807, 2.05) is 86.0 Å². The molecule has 5 rings (SSSR count). The SMILES string of the molecule is COc1cccc(CN2C(=O)c3cc(-c4cccs4)nn3CC2(C)C(=O)NCc2cccc(C)c2)c1. The van der Waals surface area contributed by atoms with Crippen molar-refractivity contribution in [2.45, 2.75) is 39.0 Å². The normalized spacial score (nSPS) is 17.1. The molecule has 2 amide bonds. The molecule has 3 heterocycles. The molecule has 36 heavy (non-hydrogen) atoms. The van der Waals surface area contributed by atoms with Gasteiger partial charge in [0.05, 0.1) is 18.5 Å². The summed E-state index contributed by atoms with van der Waals surface area (Å²) in [6.07, 6.45) is 0. The van der Waals surface area contributed by atoms with Crippen molar-refractivity contribution in [1.29, 1.82) is 0 Å². The Morgan fingerprint density at radius 3 is 2.67 bits per heavy atom. The van der Waals surface area contributed by atoms with Gasteiger partial charge in [0.2, 0.25) is 5.91 Å². The third kappa shape index (κ3) is 4.52. The van der Waals surface area contributed by atoms with Crippen LogP contribution >= 0.6 is 11.3 Å². The Morgan fingerprint density at radius 1 is 1.11 bits per heavy atom. The first kappa shape index (κ1) is 23.8. The molecule has 8 heteroatoms. The number of hydrogen-bond donors (Lipinski definition) is 1. The Bertz CT molecular complexity index is 1410. The molecule has 0 fully saturated rings. The van der Waals surface area contributed by atoms with E-state index in [1.54, 1.807) is 28.0 Å². The van der Waals surface area contributed by atoms with Crippen molar-refractivity contribution >= 4 is 23.2 Å². The number of nitrogens with zero attached hydrogens (tertiary/aromatic N) is 3. The van der Waals surface area contributed by atoms with Crippen molar-refractivity contribution < 1.29 is 14.3 Å². The number of aromatic nitrogens is 2. The molecule has 2 aromatic carbocycles. The monoisotopic (exact) mass is 500 g/mol. The fraction of sp³-hybridized carbons (Fsp3) is 0.250. The first-order valence-electron chi connectivity index (χ1n) is 11.8. The second kappa shape index (κ2) is 9.62. The number of benzene rings is 2. The van der Waals surface area contributed by atoms with Crippen molar-refractivity contribution in [3.8, 4) is 16.3 Å². The number of aryl methyl sites for hydroxylation is 1. The van der Waals surface area contributed by atoms with Gasteiger partial charge in [-0.15, -0.1) is 11.3 Å². The summed E-state index contributed by atoms with van der Waals surface area (Å²) in [7, 11) is 1.61. The second-order valence-electron chi connectivity index (χ2n) is 9.24. The summed E-state index contributed by atoms with van der Waals surface area (Å²) in [4.78, 5) is 30.2. The van der Waals surface area contributed by atoms with E-state index in [0.29, 0.717) is 18.0 Å². The molecular weight excluding hydrogens is 472 g/mol. The summed E-state index contributed by atoms with van der Waals surface area (Å²) >= 11 is 1.57. The third-order valence-electron chi connectivity index (χ3n) is 6.57. The molecule has 0 saturated heterocycles. The van der Waals surface area contributed by atoms with E-state index in [4.69, 9.17) is 9.84 Å². The van der Waals surface area contributed by atoms with Gasteiger partial charge in [0.25, 0.3) is 5.91 Å². The Hall–Kier alpha value is -3.91. The highest BCUT2D eigenvalue weighted by Gasteiger charge is 2.48. The molecule has 1 aliphatic rings. The maximum atomic E-state index is 13.9. The van der Waals surface area contributed by atoms with Gasteiger partial charge >= 0.3 is 0 Å². The molecule has 1 aliphatic heterocycles. The van der Waals surface area contributed by atoms with E-state index in [1.165, 1.54) is 0 Å². The number of hydrogen-bond acceptors (Lipinski definition) is 5. The topological polar surface area (TPSA) is 76.5 Å². The van der Waals surface area contributed by atoms with Gasteiger partial charge < -0.3 is 15.0 Å². The zero-order valence-corrected chi connectivity index (χ0v) is 21.3. The van der Waals surface area contributed by atoms with Crippen LogP contribution in [0.1, 0.15) is 34.1 Å². The van der Waals surface area contributed by atoms with Crippen molar-refractivity contribution in [3.05, 3.63) is 94.5 Å². The van der Waals surface area contributed by atoms with Crippen LogP contribution < -0.4 is 10.1 Å². The van der Waals surface area contributed by atoms with Gasteiger partial charge in [0, 0.05) is 13.1 Å². The molecule has 0 saturated carbocycles. The van der Waals surface area contributed by atoms with Crippen LogP contribution in [-0.4, -0.2) is 39.1 Å². The standard InChI is InChI=1S/C28H28N4O3S/c1-19-7-4-8-20(13-19)16-29-27(34)28(2)18-32-24(15-23(30-32)25-11-6-12-36-25)26(33)31(28)17-21-9-5-10-22(14-21)35-3/h4-15H,16-18H2,1-3H3,(H,29,34). The van der Waals surface area contributed by atoms with Gasteiger partial charge in [-0.2, -0.15) is 5.10 Å². The van der Waals surface area contributed by atoms with Gasteiger partial charge in [0.1, 0.15) is 22.7 Å². The Morgan fingerprint density at radius 2 is 1.92 bits per heavy atom. The average Bonchev–Trinajstić information content (AvgIpc) is 3.55. The number of ether oxygens (including phenoxy) is 1. The number of methoxy groups -OCH3 is 1. The lowest BCUT2D eigenvalue weighted by atomic mass is 9.94. The first-order valence-corrected chi connectivity index (χ1v) is 12.7. The molecule has 1 N–H and O–H groups in total. The highest BCUT2D eigenvalue weighted by Crippen LogP contribution is 2.33. The van der Waals surface area contributed by atoms with Gasteiger partial charge in [0.15, 0.2) is 0 Å². The molecule has 4 aromatic rings. The Balaban J connectivity index is 1.49. The van der Waals surface area contributed by atoms with Crippen LogP contribution in [0.3, 0.4) is 0 Å². The fourth-order valence-corrected chi connectivity index (χ4v) is 5.26. The van der Waals surface area contributed by atoms with Gasteiger partial charge in [-0.3, -0.25) is 14.3 Å². The zero-order valence-electron chi connectivity index (χ0n) is 20.5. The quantitative estimate of drug-likeness (QED) is 0.401. The lowest BCUT2D eigenvalue weighted by molar-refractivity contribution is -0.133. The second-order valence-corrected chi connectivity index (χ2v) is 10.2. The fourth-order valence-electron chi connectivity index (χ4n) is 4.58. The molecule has 0 radical (unpaired) electrons. The van der Waals surface area contributed by atoms with Gasteiger partial charge in [-0.25, -0.2) is 0 Å². The number of carbonyl (C=O) groups is 2. The molecule has 1 atom stereocenters. The molecule has 0 spiro atoms. The van der Waals surface area contributed by atoms with E-state index in [9.17, 15) is 9.59 Å². The number of fused-ring (bicyclic) bond motifs is 1. The maximum Gasteiger partial charge on any atom is 0.273 e. The predicted molar refractivity (Wildman–Crippen MR) is 140 cm³/mol. The molecule has 7 nitrogen and oxygen atoms in total. The van der Waals surface area contributed by atoms with Crippen LogP contribution in [0.15, 0.2) is 72.1 Å². The number of nitrogens with one attached hydrogen (secondary N) is 1. The van der Waals surface area contributed by atoms with Gasteiger partial charge in [-0.05, 0) is 54.6 Å². The summed E-state index contributed by atoms with van der Waals surface area (Å²) in [6, 6.07) is 21.3. The van der Waals surface area contributed by atoms with Crippen molar-refractivity contribution in [1.82, 2.24) is 20.0 Å². The lowest BCUT2D eigenvalue weighted by Gasteiger charge is -2.43. The van der Waals surface area contributed by atoms with Crippen LogP contribution in [0.4, 0.5) is 0 Å². The number of thiophene rings is 1. The zero-order chi connectivity index (χ0) is 25.3. The number of rotatable bonds is 7. The minimum absolute atomic E-state index is 0.223. The van der Waals surface area contributed by atoms with Crippen LogP contribution in [-0.2, 0) is 24.4 Å². The minimum atomic E-state index is -1.14. The molecule has 0 bridgehead atoms. The van der Waals surface area contributed by atoms with Crippen molar-refractivity contribution in [2.75, 3.05) is 7.11 Å². The summed E-state index contributed by atoms with van der Waals surface area (Å²) in [5.41, 5.74) is 3.09. The number of amides is 2. The van der Waals surface area contributed by atoms with E-state index in [-0.39, 0.29) is 24.9 Å². The molecular formula is C28H28N4O3S. The average molecular weight is 501 g/mol. The first-order chi connectivity index (χ1) is 17.4. The summed E-state index contributed by atoms with van der Waals surface area (Å²) in [5, 5.41) is 9.74. The molecule has 2 aromatic heterocycles. The third-order valence-corrected chi connectivity index (χ3v) is 7.46. The summed E-state index contributed by atoms with van der Waals surface area (Å²) in [5.74, 6) is 0.249. The Labute approximate surface area is 214 Å². The summed E-state index contributed by atoms with van der Waals surface area (Å²) in [6.45, 7) is 4.73. The van der Waals surface area contributed by atoms with Crippen LogP contribution in [0.5, 0.6) is 5.75 Å². The van der Waals surface area contributed by atoms with E-state index < -0.39 is 5.54 Å². The van der Waals surface area contributed by atoms with E-state index >= 15 is 0 Å². The largest absolute Gasteiger partial charge is 0.497 e. The van der Waals surface area contributed by atoms with Gasteiger partial charge in [-0.1, -0.05) is 48.0 Å². The highest BCUT2D eigenvalue weighted by atomic mass is 32.1. The van der Waals surface area contributed by atoms with E-state index in [2.05, 4.69) is 5.32 Å². The maximum absolute atomic E-state index is 13.9. The van der Waals surface area contributed by atoms with Crippen molar-refractivity contribution in [3.63, 3.8) is 0 Å².